The van der Waals surface area contributed by atoms with Crippen LogP contribution in [0.25, 0.3) is 0 Å². The van der Waals surface area contributed by atoms with E-state index in [9.17, 15) is 4.79 Å². The van der Waals surface area contributed by atoms with Gasteiger partial charge in [-0.25, -0.2) is 4.79 Å². The number of amides is 1. The Labute approximate surface area is 84.2 Å². The number of carbonyl (C=O) groups is 1. The van der Waals surface area contributed by atoms with Crippen LogP contribution in [0.2, 0.25) is 0 Å². The summed E-state index contributed by atoms with van der Waals surface area (Å²) < 4.78 is 10.3. The third kappa shape index (κ3) is 1.71. The molecule has 0 aromatic carbocycles. The van der Waals surface area contributed by atoms with E-state index in [0.29, 0.717) is 19.2 Å². The van der Waals surface area contributed by atoms with Gasteiger partial charge in [0.25, 0.3) is 0 Å². The van der Waals surface area contributed by atoms with E-state index in [2.05, 4.69) is 0 Å². The zero-order valence-corrected chi connectivity index (χ0v) is 8.57. The van der Waals surface area contributed by atoms with Crippen LogP contribution in [0.3, 0.4) is 0 Å². The molecule has 4 nitrogen and oxygen atoms in total. The molecule has 1 amide bonds. The number of fused-ring (bicyclic) bond motifs is 1. The fourth-order valence-corrected chi connectivity index (χ4v) is 2.35. The zero-order valence-electron chi connectivity index (χ0n) is 8.57. The van der Waals surface area contributed by atoms with Crippen molar-refractivity contribution in [3.63, 3.8) is 0 Å². The smallest absolute Gasteiger partial charge is 0.410 e. The highest BCUT2D eigenvalue weighted by molar-refractivity contribution is 5.70. The molecule has 0 aromatic heterocycles. The van der Waals surface area contributed by atoms with Crippen LogP contribution in [0, 0.1) is 0 Å². The summed E-state index contributed by atoms with van der Waals surface area (Å²) in [5.41, 5.74) is 0. The molecule has 0 N–H and O–H groups in total. The quantitative estimate of drug-likeness (QED) is 0.689. The van der Waals surface area contributed by atoms with Gasteiger partial charge in [0.1, 0.15) is 6.10 Å². The van der Waals surface area contributed by atoms with Gasteiger partial charge >= 0.3 is 6.09 Å². The number of nitrogens with zero attached hydrogens (tertiary/aromatic N) is 1. The summed E-state index contributed by atoms with van der Waals surface area (Å²) in [5.74, 6) is 0. The van der Waals surface area contributed by atoms with Gasteiger partial charge in [0.05, 0.1) is 12.6 Å². The van der Waals surface area contributed by atoms with Crippen molar-refractivity contribution in [3.05, 3.63) is 0 Å². The second-order valence-electron chi connectivity index (χ2n) is 3.96. The van der Waals surface area contributed by atoms with E-state index >= 15 is 0 Å². The molecule has 2 unspecified atom stereocenters. The summed E-state index contributed by atoms with van der Waals surface area (Å²) in [6.07, 6.45) is 4.50. The van der Waals surface area contributed by atoms with Crippen LogP contribution in [-0.2, 0) is 9.47 Å². The third-order valence-corrected chi connectivity index (χ3v) is 3.09. The number of rotatable bonds is 3. The third-order valence-electron chi connectivity index (χ3n) is 3.09. The molecule has 2 atom stereocenters. The normalized spacial score (nSPS) is 31.5. The molecule has 80 valence electrons. The van der Waals surface area contributed by atoms with E-state index in [-0.39, 0.29) is 12.2 Å². The molecule has 4 heteroatoms. The van der Waals surface area contributed by atoms with Gasteiger partial charge in [0.2, 0.25) is 0 Å². The van der Waals surface area contributed by atoms with Crippen LogP contribution >= 0.6 is 0 Å². The SMILES string of the molecule is COCCN1C(=O)OC2CCCCC21. The van der Waals surface area contributed by atoms with Crippen molar-refractivity contribution in [2.45, 2.75) is 37.8 Å². The first kappa shape index (κ1) is 9.77. The fraction of sp³-hybridized carbons (Fsp3) is 0.900. The summed E-state index contributed by atoms with van der Waals surface area (Å²) in [4.78, 5) is 13.3. The minimum Gasteiger partial charge on any atom is -0.444 e. The zero-order chi connectivity index (χ0) is 9.97. The van der Waals surface area contributed by atoms with Gasteiger partial charge in [-0.1, -0.05) is 6.42 Å². The first-order chi connectivity index (χ1) is 6.83. The summed E-state index contributed by atoms with van der Waals surface area (Å²) >= 11 is 0. The maximum atomic E-state index is 11.5. The predicted octanol–water partition coefficient (Wildman–Crippen LogP) is 1.40. The fourth-order valence-electron chi connectivity index (χ4n) is 2.35. The second kappa shape index (κ2) is 4.17. The number of hydrogen-bond acceptors (Lipinski definition) is 3. The lowest BCUT2D eigenvalue weighted by Crippen LogP contribution is -2.40. The van der Waals surface area contributed by atoms with Crippen molar-refractivity contribution in [3.8, 4) is 0 Å². The van der Waals surface area contributed by atoms with Crippen molar-refractivity contribution in [2.75, 3.05) is 20.3 Å². The molecule has 1 aliphatic heterocycles. The molecule has 1 saturated carbocycles. The molecule has 0 spiro atoms. The minimum absolute atomic E-state index is 0.146. The summed E-state index contributed by atoms with van der Waals surface area (Å²) in [7, 11) is 1.65. The van der Waals surface area contributed by atoms with Gasteiger partial charge in [0, 0.05) is 13.7 Å². The lowest BCUT2D eigenvalue weighted by molar-refractivity contribution is 0.113. The lowest BCUT2D eigenvalue weighted by Gasteiger charge is -2.27. The Kier molecular flexibility index (Phi) is 2.91. The molecule has 14 heavy (non-hydrogen) atoms. The van der Waals surface area contributed by atoms with E-state index < -0.39 is 0 Å². The summed E-state index contributed by atoms with van der Waals surface area (Å²) in [6.45, 7) is 1.26. The van der Waals surface area contributed by atoms with Crippen LogP contribution in [0.15, 0.2) is 0 Å². The highest BCUT2D eigenvalue weighted by atomic mass is 16.6. The van der Waals surface area contributed by atoms with Crippen LogP contribution in [0.1, 0.15) is 25.7 Å². The van der Waals surface area contributed by atoms with E-state index in [4.69, 9.17) is 9.47 Å². The molecule has 1 saturated heterocycles. The Bertz CT molecular complexity index is 219. The highest BCUT2D eigenvalue weighted by Crippen LogP contribution is 2.31. The van der Waals surface area contributed by atoms with Crippen LogP contribution in [0.5, 0.6) is 0 Å². The van der Waals surface area contributed by atoms with E-state index in [1.807, 2.05) is 4.90 Å². The van der Waals surface area contributed by atoms with Gasteiger partial charge < -0.3 is 9.47 Å². The average Bonchev–Trinajstić information content (AvgIpc) is 2.51. The number of methoxy groups -OCH3 is 1. The molecular weight excluding hydrogens is 182 g/mol. The van der Waals surface area contributed by atoms with Gasteiger partial charge in [-0.2, -0.15) is 0 Å². The van der Waals surface area contributed by atoms with E-state index in [0.717, 1.165) is 12.8 Å². The van der Waals surface area contributed by atoms with Crippen molar-refractivity contribution in [2.24, 2.45) is 0 Å². The highest BCUT2D eigenvalue weighted by Gasteiger charge is 2.42. The monoisotopic (exact) mass is 199 g/mol. The maximum absolute atomic E-state index is 11.5. The standard InChI is InChI=1S/C10H17NO3/c1-13-7-6-11-8-4-2-3-5-9(8)14-10(11)12/h8-9H,2-7H2,1H3. The number of carbonyl (C=O) groups excluding carboxylic acids is 1. The molecule has 0 aromatic rings. The number of ether oxygens (including phenoxy) is 2. The van der Waals surface area contributed by atoms with Crippen LogP contribution in [-0.4, -0.2) is 43.4 Å². The predicted molar refractivity (Wildman–Crippen MR) is 51.1 cm³/mol. The molecule has 1 heterocycles. The maximum Gasteiger partial charge on any atom is 0.410 e. The Morgan fingerprint density at radius 2 is 2.29 bits per heavy atom. The van der Waals surface area contributed by atoms with Crippen molar-refractivity contribution in [1.29, 1.82) is 0 Å². The Morgan fingerprint density at radius 1 is 1.50 bits per heavy atom. The van der Waals surface area contributed by atoms with Gasteiger partial charge in [-0.05, 0) is 19.3 Å². The Morgan fingerprint density at radius 3 is 3.07 bits per heavy atom. The van der Waals surface area contributed by atoms with E-state index in [1.54, 1.807) is 7.11 Å². The molecule has 2 rings (SSSR count). The summed E-state index contributed by atoms with van der Waals surface area (Å²) in [5, 5.41) is 0. The first-order valence-electron chi connectivity index (χ1n) is 5.29. The minimum atomic E-state index is -0.154. The van der Waals surface area contributed by atoms with Gasteiger partial charge in [-0.15, -0.1) is 0 Å². The summed E-state index contributed by atoms with van der Waals surface area (Å²) in [6, 6.07) is 0.311. The van der Waals surface area contributed by atoms with Crippen molar-refractivity contribution < 1.29 is 14.3 Å². The van der Waals surface area contributed by atoms with Gasteiger partial charge in [-0.3, -0.25) is 4.90 Å². The molecule has 2 fully saturated rings. The average molecular weight is 199 g/mol. The van der Waals surface area contributed by atoms with Crippen LogP contribution < -0.4 is 0 Å². The lowest BCUT2D eigenvalue weighted by atomic mass is 9.92. The topological polar surface area (TPSA) is 38.8 Å². The van der Waals surface area contributed by atoms with Crippen molar-refractivity contribution in [1.82, 2.24) is 4.90 Å². The van der Waals surface area contributed by atoms with Crippen molar-refractivity contribution >= 4 is 6.09 Å². The largest absolute Gasteiger partial charge is 0.444 e. The first-order valence-corrected chi connectivity index (χ1v) is 5.29. The molecule has 0 bridgehead atoms. The molecule has 1 aliphatic carbocycles. The van der Waals surface area contributed by atoms with Gasteiger partial charge in [0.15, 0.2) is 0 Å². The Balaban J connectivity index is 1.96. The molecular formula is C10H17NO3. The molecule has 0 radical (unpaired) electrons. The van der Waals surface area contributed by atoms with E-state index in [1.165, 1.54) is 12.8 Å². The number of hydrogen-bond donors (Lipinski definition) is 0. The Hall–Kier alpha value is -0.770. The van der Waals surface area contributed by atoms with Crippen LogP contribution in [0.4, 0.5) is 4.79 Å². The second-order valence-corrected chi connectivity index (χ2v) is 3.96. The molecule has 2 aliphatic rings.